The molecule has 0 aliphatic carbocycles. The molecule has 3 N–H and O–H groups in total. The minimum Gasteiger partial charge on any atom is -0.481 e. The molecule has 0 spiro atoms. The van der Waals surface area contributed by atoms with E-state index < -0.39 is 36.0 Å². The molecule has 0 saturated heterocycles. The highest BCUT2D eigenvalue weighted by Crippen LogP contribution is 2.07. The van der Waals surface area contributed by atoms with Crippen molar-refractivity contribution >= 4 is 18.0 Å². The first kappa shape index (κ1) is 16.7. The van der Waals surface area contributed by atoms with Crippen LogP contribution in [0.15, 0.2) is 0 Å². The molecule has 0 heterocycles. The molecule has 0 aliphatic heterocycles. The smallest absolute Gasteiger partial charge is 0.408 e. The van der Waals surface area contributed by atoms with E-state index >= 15 is 0 Å². The van der Waals surface area contributed by atoms with Gasteiger partial charge in [-0.3, -0.25) is 9.59 Å². The summed E-state index contributed by atoms with van der Waals surface area (Å²) in [6.07, 6.45) is -1.50. The number of nitrogens with one attached hydrogen (secondary N) is 2. The molecule has 0 aromatic rings. The van der Waals surface area contributed by atoms with Crippen LogP contribution in [0.3, 0.4) is 0 Å². The maximum atomic E-state index is 11.5. The predicted molar refractivity (Wildman–Crippen MR) is 64.0 cm³/mol. The van der Waals surface area contributed by atoms with Crippen molar-refractivity contribution in [3.8, 4) is 6.07 Å². The van der Waals surface area contributed by atoms with Gasteiger partial charge in [0, 0.05) is 0 Å². The van der Waals surface area contributed by atoms with E-state index in [9.17, 15) is 14.4 Å². The molecule has 19 heavy (non-hydrogen) atoms. The SMILES string of the molecule is CC(C)(C)OC(=O)N[C@@H](CC(=O)O)C(=O)NCC#N. The highest BCUT2D eigenvalue weighted by Gasteiger charge is 2.26. The third kappa shape index (κ3) is 8.43. The topological polar surface area (TPSA) is 129 Å². The van der Waals surface area contributed by atoms with Crippen LogP contribution in [0.25, 0.3) is 0 Å². The van der Waals surface area contributed by atoms with Gasteiger partial charge >= 0.3 is 12.1 Å². The second kappa shape index (κ2) is 7.20. The fourth-order valence-electron chi connectivity index (χ4n) is 1.08. The molecule has 106 valence electrons. The number of hydrogen-bond donors (Lipinski definition) is 3. The van der Waals surface area contributed by atoms with Crippen LogP contribution < -0.4 is 10.6 Å². The molecule has 2 amide bonds. The van der Waals surface area contributed by atoms with Crippen molar-refractivity contribution in [2.75, 3.05) is 6.54 Å². The number of hydrogen-bond acceptors (Lipinski definition) is 5. The summed E-state index contributed by atoms with van der Waals surface area (Å²) in [5, 5.41) is 21.3. The Kier molecular flexibility index (Phi) is 6.33. The van der Waals surface area contributed by atoms with Gasteiger partial charge in [0.25, 0.3) is 0 Å². The summed E-state index contributed by atoms with van der Waals surface area (Å²) < 4.78 is 4.92. The maximum Gasteiger partial charge on any atom is 0.408 e. The Hall–Kier alpha value is -2.30. The largest absolute Gasteiger partial charge is 0.481 e. The lowest BCUT2D eigenvalue weighted by molar-refractivity contribution is -0.139. The van der Waals surface area contributed by atoms with Gasteiger partial charge in [0.2, 0.25) is 5.91 Å². The lowest BCUT2D eigenvalue weighted by Gasteiger charge is -2.22. The van der Waals surface area contributed by atoms with Crippen molar-refractivity contribution in [1.29, 1.82) is 5.26 Å². The number of carboxylic acid groups (broad SMARTS) is 1. The molecule has 0 unspecified atom stereocenters. The van der Waals surface area contributed by atoms with Crippen LogP contribution in [0.2, 0.25) is 0 Å². The number of carbonyl (C=O) groups excluding carboxylic acids is 2. The highest BCUT2D eigenvalue weighted by molar-refractivity contribution is 5.89. The van der Waals surface area contributed by atoms with Crippen LogP contribution in [-0.4, -0.2) is 41.3 Å². The number of carbonyl (C=O) groups is 3. The van der Waals surface area contributed by atoms with Crippen molar-refractivity contribution in [3.05, 3.63) is 0 Å². The molecule has 8 nitrogen and oxygen atoms in total. The van der Waals surface area contributed by atoms with E-state index in [0.717, 1.165) is 0 Å². The summed E-state index contributed by atoms with van der Waals surface area (Å²) in [4.78, 5) is 33.6. The van der Waals surface area contributed by atoms with Gasteiger partial charge in [-0.2, -0.15) is 5.26 Å². The van der Waals surface area contributed by atoms with E-state index in [1.54, 1.807) is 26.8 Å². The number of aliphatic carboxylic acids is 1. The molecular weight excluding hydrogens is 254 g/mol. The summed E-state index contributed by atoms with van der Waals surface area (Å²) in [5.41, 5.74) is -0.763. The van der Waals surface area contributed by atoms with E-state index in [2.05, 4.69) is 10.6 Å². The maximum absolute atomic E-state index is 11.5. The van der Waals surface area contributed by atoms with Crippen molar-refractivity contribution < 1.29 is 24.2 Å². The second-order valence-corrected chi connectivity index (χ2v) is 4.67. The number of amides is 2. The van der Waals surface area contributed by atoms with Crippen molar-refractivity contribution in [2.45, 2.75) is 38.8 Å². The Morgan fingerprint density at radius 1 is 1.37 bits per heavy atom. The quantitative estimate of drug-likeness (QED) is 0.603. The van der Waals surface area contributed by atoms with Gasteiger partial charge < -0.3 is 20.5 Å². The Morgan fingerprint density at radius 2 is 1.95 bits per heavy atom. The minimum absolute atomic E-state index is 0.273. The predicted octanol–water partition coefficient (Wildman–Crippen LogP) is -0.00582. The molecule has 0 aromatic heterocycles. The Balaban J connectivity index is 4.59. The van der Waals surface area contributed by atoms with Gasteiger partial charge in [-0.15, -0.1) is 0 Å². The van der Waals surface area contributed by atoms with Crippen LogP contribution in [0.5, 0.6) is 0 Å². The normalized spacial score (nSPS) is 11.9. The number of nitrogens with zero attached hydrogens (tertiary/aromatic N) is 1. The fraction of sp³-hybridized carbons (Fsp3) is 0.636. The summed E-state index contributed by atoms with van der Waals surface area (Å²) in [6.45, 7) is 4.63. The van der Waals surface area contributed by atoms with Gasteiger partial charge in [0.05, 0.1) is 12.5 Å². The molecular formula is C11H17N3O5. The van der Waals surface area contributed by atoms with Crippen LogP contribution in [0, 0.1) is 11.3 Å². The van der Waals surface area contributed by atoms with E-state index in [-0.39, 0.29) is 6.54 Å². The summed E-state index contributed by atoms with van der Waals surface area (Å²) in [5.74, 6) is -2.01. The number of ether oxygens (including phenoxy) is 1. The number of carboxylic acids is 1. The zero-order chi connectivity index (χ0) is 15.1. The zero-order valence-corrected chi connectivity index (χ0v) is 11.0. The third-order valence-electron chi connectivity index (χ3n) is 1.73. The standard InChI is InChI=1S/C11H17N3O5/c1-11(2,3)19-10(18)14-7(6-8(15)16)9(17)13-5-4-12/h7H,5-6H2,1-3H3,(H,13,17)(H,14,18)(H,15,16)/t7-/m0/s1. The molecule has 0 fully saturated rings. The summed E-state index contributed by atoms with van der Waals surface area (Å²) in [6, 6.07) is 0.384. The van der Waals surface area contributed by atoms with Crippen LogP contribution >= 0.6 is 0 Å². The number of nitriles is 1. The fourth-order valence-corrected chi connectivity index (χ4v) is 1.08. The van der Waals surface area contributed by atoms with Gasteiger partial charge in [-0.1, -0.05) is 0 Å². The average Bonchev–Trinajstić information content (AvgIpc) is 2.21. The minimum atomic E-state index is -1.29. The molecule has 0 saturated carbocycles. The lowest BCUT2D eigenvalue weighted by Crippen LogP contribution is -2.49. The Morgan fingerprint density at radius 3 is 2.37 bits per heavy atom. The van der Waals surface area contributed by atoms with Crippen molar-refractivity contribution in [1.82, 2.24) is 10.6 Å². The average molecular weight is 271 g/mol. The first-order valence-electron chi connectivity index (χ1n) is 5.51. The van der Waals surface area contributed by atoms with E-state index in [1.165, 1.54) is 0 Å². The molecule has 8 heteroatoms. The van der Waals surface area contributed by atoms with Crippen LogP contribution in [-0.2, 0) is 14.3 Å². The first-order valence-corrected chi connectivity index (χ1v) is 5.51. The van der Waals surface area contributed by atoms with E-state index in [4.69, 9.17) is 15.1 Å². The molecule has 0 aromatic carbocycles. The van der Waals surface area contributed by atoms with Gasteiger partial charge in [-0.05, 0) is 20.8 Å². The lowest BCUT2D eigenvalue weighted by atomic mass is 10.2. The zero-order valence-electron chi connectivity index (χ0n) is 11.0. The van der Waals surface area contributed by atoms with E-state index in [1.807, 2.05) is 0 Å². The molecule has 0 aliphatic rings. The first-order chi connectivity index (χ1) is 8.65. The van der Waals surface area contributed by atoms with Crippen molar-refractivity contribution in [2.24, 2.45) is 0 Å². The summed E-state index contributed by atoms with van der Waals surface area (Å²) >= 11 is 0. The van der Waals surface area contributed by atoms with Crippen LogP contribution in [0.1, 0.15) is 27.2 Å². The van der Waals surface area contributed by atoms with E-state index in [0.29, 0.717) is 0 Å². The van der Waals surface area contributed by atoms with Gasteiger partial charge in [-0.25, -0.2) is 4.79 Å². The highest BCUT2D eigenvalue weighted by atomic mass is 16.6. The third-order valence-corrected chi connectivity index (χ3v) is 1.73. The van der Waals surface area contributed by atoms with Gasteiger partial charge in [0.1, 0.15) is 18.2 Å². The Labute approximate surface area is 110 Å². The van der Waals surface area contributed by atoms with Crippen LogP contribution in [0.4, 0.5) is 4.79 Å². The Bertz CT molecular complexity index is 394. The molecule has 0 radical (unpaired) electrons. The second-order valence-electron chi connectivity index (χ2n) is 4.67. The summed E-state index contributed by atoms with van der Waals surface area (Å²) in [7, 11) is 0. The monoisotopic (exact) mass is 271 g/mol. The molecule has 1 atom stereocenters. The van der Waals surface area contributed by atoms with Crippen molar-refractivity contribution in [3.63, 3.8) is 0 Å². The number of rotatable bonds is 5. The molecule has 0 rings (SSSR count). The molecule has 0 bridgehead atoms. The number of alkyl carbamates (subject to hydrolysis) is 1. The van der Waals surface area contributed by atoms with Gasteiger partial charge in [0.15, 0.2) is 0 Å².